The number of benzene rings is 1. The lowest BCUT2D eigenvalue weighted by molar-refractivity contribution is -0.384. The second-order valence-corrected chi connectivity index (χ2v) is 10.3. The number of nitro benzene ring substituents is 1. The summed E-state index contributed by atoms with van der Waals surface area (Å²) in [6, 6.07) is 3.26. The average molecular weight is 475 g/mol. The van der Waals surface area contributed by atoms with Crippen LogP contribution in [0.2, 0.25) is 0 Å². The lowest BCUT2D eigenvalue weighted by atomic mass is 9.93. The number of nitro groups is 1. The van der Waals surface area contributed by atoms with Gasteiger partial charge in [-0.3, -0.25) is 14.9 Å². The second-order valence-electron chi connectivity index (χ2n) is 10.3. The van der Waals surface area contributed by atoms with E-state index < -0.39 is 5.60 Å². The minimum absolute atomic E-state index is 0.0461. The van der Waals surface area contributed by atoms with Gasteiger partial charge in [-0.25, -0.2) is 4.79 Å². The highest BCUT2D eigenvalue weighted by Crippen LogP contribution is 2.36. The monoisotopic (exact) mass is 474 g/mol. The van der Waals surface area contributed by atoms with Gasteiger partial charge in [-0.1, -0.05) is 0 Å². The standard InChI is InChI=1S/C24H34N4O6/c1-24(2,3)34-23(30)26-7-4-17(5-8-26)6-9-27-16-18-14-21(28(31)32)20(15-19(18)22(27)29)25-10-12-33-13-11-25/h14-15,17H,4-13,16H2,1-3H3. The number of hydrogen-bond donors (Lipinski definition) is 0. The number of fused-ring (bicyclic) bond motifs is 1. The highest BCUT2D eigenvalue weighted by molar-refractivity contribution is 6.00. The Morgan fingerprint density at radius 2 is 1.85 bits per heavy atom. The third kappa shape index (κ3) is 5.43. The summed E-state index contributed by atoms with van der Waals surface area (Å²) < 4.78 is 10.8. The van der Waals surface area contributed by atoms with Crippen molar-refractivity contribution in [2.24, 2.45) is 5.92 Å². The van der Waals surface area contributed by atoms with Gasteiger partial charge >= 0.3 is 6.09 Å². The Bertz CT molecular complexity index is 946. The van der Waals surface area contributed by atoms with E-state index in [1.165, 1.54) is 0 Å². The molecule has 2 saturated heterocycles. The molecule has 3 heterocycles. The largest absolute Gasteiger partial charge is 0.444 e. The predicted octanol–water partition coefficient (Wildman–Crippen LogP) is 3.42. The van der Waals surface area contributed by atoms with Crippen LogP contribution < -0.4 is 4.90 Å². The van der Waals surface area contributed by atoms with Crippen LogP contribution in [0.25, 0.3) is 0 Å². The number of carbonyl (C=O) groups excluding carboxylic acids is 2. The molecular formula is C24H34N4O6. The first-order valence-electron chi connectivity index (χ1n) is 12.0. The van der Waals surface area contributed by atoms with Gasteiger partial charge in [0.05, 0.1) is 18.1 Å². The van der Waals surface area contributed by atoms with E-state index in [2.05, 4.69) is 0 Å². The molecule has 0 spiro atoms. The van der Waals surface area contributed by atoms with E-state index in [0.717, 1.165) is 19.3 Å². The molecule has 0 aliphatic carbocycles. The maximum absolute atomic E-state index is 13.1. The Kier molecular flexibility index (Phi) is 6.97. The Balaban J connectivity index is 1.35. The summed E-state index contributed by atoms with van der Waals surface area (Å²) in [7, 11) is 0. The highest BCUT2D eigenvalue weighted by Gasteiger charge is 2.34. The summed E-state index contributed by atoms with van der Waals surface area (Å²) in [5.41, 5.74) is 1.32. The van der Waals surface area contributed by atoms with Gasteiger partial charge in [-0.05, 0) is 57.6 Å². The van der Waals surface area contributed by atoms with Crippen LogP contribution in [-0.2, 0) is 16.0 Å². The fourth-order valence-corrected chi connectivity index (χ4v) is 4.85. The molecular weight excluding hydrogens is 440 g/mol. The molecule has 2 amide bonds. The molecule has 0 aromatic heterocycles. The summed E-state index contributed by atoms with van der Waals surface area (Å²) in [5.74, 6) is 0.360. The molecule has 3 aliphatic heterocycles. The Hall–Kier alpha value is -2.88. The summed E-state index contributed by atoms with van der Waals surface area (Å²) in [6.07, 6.45) is 2.33. The smallest absolute Gasteiger partial charge is 0.410 e. The second kappa shape index (κ2) is 9.77. The van der Waals surface area contributed by atoms with Crippen molar-refractivity contribution in [1.29, 1.82) is 0 Å². The van der Waals surface area contributed by atoms with Gasteiger partial charge in [0.1, 0.15) is 11.3 Å². The normalized spacial score (nSPS) is 19.4. The molecule has 1 aromatic carbocycles. The van der Waals surface area contributed by atoms with Crippen LogP contribution in [0.15, 0.2) is 12.1 Å². The molecule has 1 aromatic rings. The number of carbonyl (C=O) groups is 2. The fourth-order valence-electron chi connectivity index (χ4n) is 4.85. The van der Waals surface area contributed by atoms with Crippen molar-refractivity contribution in [3.63, 3.8) is 0 Å². The molecule has 0 saturated carbocycles. The molecule has 4 rings (SSSR count). The van der Waals surface area contributed by atoms with E-state index in [-0.39, 0.29) is 22.6 Å². The van der Waals surface area contributed by atoms with E-state index in [0.29, 0.717) is 75.2 Å². The maximum atomic E-state index is 13.1. The van der Waals surface area contributed by atoms with Crippen molar-refractivity contribution < 1.29 is 24.0 Å². The summed E-state index contributed by atoms with van der Waals surface area (Å²) >= 11 is 0. The van der Waals surface area contributed by atoms with Gasteiger partial charge in [-0.15, -0.1) is 0 Å². The van der Waals surface area contributed by atoms with E-state index in [1.807, 2.05) is 25.7 Å². The van der Waals surface area contributed by atoms with E-state index >= 15 is 0 Å². The zero-order valence-corrected chi connectivity index (χ0v) is 20.2. The van der Waals surface area contributed by atoms with Crippen molar-refractivity contribution in [2.75, 3.05) is 50.8 Å². The third-order valence-electron chi connectivity index (χ3n) is 6.70. The van der Waals surface area contributed by atoms with Gasteiger partial charge in [0.15, 0.2) is 0 Å². The van der Waals surface area contributed by atoms with Gasteiger partial charge in [0, 0.05) is 50.9 Å². The molecule has 3 aliphatic rings. The lowest BCUT2D eigenvalue weighted by Crippen LogP contribution is -2.42. The van der Waals surface area contributed by atoms with Gasteiger partial charge in [0.2, 0.25) is 0 Å². The number of piperidine rings is 1. The van der Waals surface area contributed by atoms with E-state index in [9.17, 15) is 19.7 Å². The first-order valence-corrected chi connectivity index (χ1v) is 12.0. The molecule has 0 unspecified atom stereocenters. The van der Waals surface area contributed by atoms with Crippen molar-refractivity contribution in [2.45, 2.75) is 52.2 Å². The Morgan fingerprint density at radius 1 is 1.18 bits per heavy atom. The molecule has 186 valence electrons. The van der Waals surface area contributed by atoms with Gasteiger partial charge < -0.3 is 24.2 Å². The molecule has 0 radical (unpaired) electrons. The minimum Gasteiger partial charge on any atom is -0.444 e. The van der Waals surface area contributed by atoms with Crippen LogP contribution in [0, 0.1) is 16.0 Å². The summed E-state index contributed by atoms with van der Waals surface area (Å²) in [5, 5.41) is 11.7. The number of rotatable bonds is 5. The number of hydrogen-bond acceptors (Lipinski definition) is 7. The number of nitrogens with zero attached hydrogens (tertiary/aromatic N) is 4. The summed E-state index contributed by atoms with van der Waals surface area (Å²) in [6.45, 7) is 10.1. The maximum Gasteiger partial charge on any atom is 0.410 e. The minimum atomic E-state index is -0.504. The number of amides is 2. The van der Waals surface area contributed by atoms with Crippen LogP contribution in [0.1, 0.15) is 56.0 Å². The van der Waals surface area contributed by atoms with E-state index in [4.69, 9.17) is 9.47 Å². The fraction of sp³-hybridized carbons (Fsp3) is 0.667. The zero-order chi connectivity index (χ0) is 24.5. The van der Waals surface area contributed by atoms with Crippen LogP contribution in [-0.4, -0.2) is 78.3 Å². The van der Waals surface area contributed by atoms with E-state index in [1.54, 1.807) is 21.9 Å². The van der Waals surface area contributed by atoms with Crippen LogP contribution in [0.3, 0.4) is 0 Å². The topological polar surface area (TPSA) is 105 Å². The zero-order valence-electron chi connectivity index (χ0n) is 20.2. The van der Waals surface area contributed by atoms with Crippen LogP contribution in [0.5, 0.6) is 0 Å². The Labute approximate surface area is 199 Å². The molecule has 0 bridgehead atoms. The quantitative estimate of drug-likeness (QED) is 0.475. The van der Waals surface area contributed by atoms with Crippen LogP contribution in [0.4, 0.5) is 16.2 Å². The average Bonchev–Trinajstić information content (AvgIpc) is 3.11. The van der Waals surface area contributed by atoms with Gasteiger partial charge in [-0.2, -0.15) is 0 Å². The molecule has 0 atom stereocenters. The summed E-state index contributed by atoms with van der Waals surface area (Å²) in [4.78, 5) is 42.2. The molecule has 2 fully saturated rings. The molecule has 10 heteroatoms. The Morgan fingerprint density at radius 3 is 2.47 bits per heavy atom. The van der Waals surface area contributed by atoms with Crippen molar-refractivity contribution >= 4 is 23.4 Å². The predicted molar refractivity (Wildman–Crippen MR) is 126 cm³/mol. The van der Waals surface area contributed by atoms with Crippen molar-refractivity contribution in [3.05, 3.63) is 33.4 Å². The number of anilines is 1. The lowest BCUT2D eigenvalue weighted by Gasteiger charge is -2.34. The first kappa shape index (κ1) is 24.3. The van der Waals surface area contributed by atoms with Gasteiger partial charge in [0.25, 0.3) is 11.6 Å². The highest BCUT2D eigenvalue weighted by atomic mass is 16.6. The van der Waals surface area contributed by atoms with Crippen molar-refractivity contribution in [3.8, 4) is 0 Å². The number of morpholine rings is 1. The van der Waals surface area contributed by atoms with Crippen molar-refractivity contribution in [1.82, 2.24) is 9.80 Å². The number of ether oxygens (including phenoxy) is 2. The SMILES string of the molecule is CC(C)(C)OC(=O)N1CCC(CCN2Cc3cc([N+](=O)[O-])c(N4CCOCC4)cc3C2=O)CC1. The molecule has 0 N–H and O–H groups in total. The van der Waals surface area contributed by atoms with Crippen LogP contribution >= 0.6 is 0 Å². The molecule has 34 heavy (non-hydrogen) atoms. The molecule has 10 nitrogen and oxygen atoms in total. The first-order chi connectivity index (χ1) is 16.1. The third-order valence-corrected chi connectivity index (χ3v) is 6.70. The number of likely N-dealkylation sites (tertiary alicyclic amines) is 1.